The number of nitrogens with zero attached hydrogens (tertiary/aromatic N) is 1. The topological polar surface area (TPSA) is 57.8 Å². The van der Waals surface area contributed by atoms with Gasteiger partial charge < -0.3 is 10.3 Å². The van der Waals surface area contributed by atoms with Crippen LogP contribution in [0.5, 0.6) is 0 Å². The highest BCUT2D eigenvalue weighted by Gasteiger charge is 2.20. The van der Waals surface area contributed by atoms with E-state index in [9.17, 15) is 4.79 Å². The average molecular weight is 410 g/mol. The maximum absolute atomic E-state index is 12.7. The predicted octanol–water partition coefficient (Wildman–Crippen LogP) is 5.43. The van der Waals surface area contributed by atoms with Gasteiger partial charge >= 0.3 is 0 Å². The van der Waals surface area contributed by atoms with Crippen LogP contribution < -0.4 is 5.32 Å². The molecule has 0 aliphatic heterocycles. The second-order valence-corrected chi connectivity index (χ2v) is 7.22. The smallest absolute Gasteiger partial charge is 0.271 e. The highest BCUT2D eigenvalue weighted by Crippen LogP contribution is 2.30. The number of aromatic amines is 1. The van der Waals surface area contributed by atoms with Crippen molar-refractivity contribution in [3.8, 4) is 0 Å². The number of pyridine rings is 1. The average Bonchev–Trinajstić information content (AvgIpc) is 3.15. The predicted molar refractivity (Wildman–Crippen MR) is 113 cm³/mol. The molecule has 1 atom stereocenters. The van der Waals surface area contributed by atoms with Crippen molar-refractivity contribution in [1.29, 1.82) is 0 Å². The molecule has 0 fully saturated rings. The van der Waals surface area contributed by atoms with E-state index in [-0.39, 0.29) is 27.7 Å². The summed E-state index contributed by atoms with van der Waals surface area (Å²) in [4.78, 5) is 20.0. The van der Waals surface area contributed by atoms with Crippen LogP contribution in [0.15, 0.2) is 72.9 Å². The number of fused-ring (bicyclic) bond motifs is 1. The van der Waals surface area contributed by atoms with Gasteiger partial charge in [-0.25, -0.2) is 4.98 Å². The maximum Gasteiger partial charge on any atom is 0.271 e. The van der Waals surface area contributed by atoms with Gasteiger partial charge in [0.15, 0.2) is 0 Å². The number of carbonyl (C=O) groups excluding carboxylic acids is 1. The van der Waals surface area contributed by atoms with Gasteiger partial charge in [0.2, 0.25) is 0 Å². The first-order valence-electron chi connectivity index (χ1n) is 8.84. The molecule has 2 N–H and O–H groups in total. The molecule has 4 nitrogen and oxygen atoms in total. The molecule has 4 aromatic rings. The van der Waals surface area contributed by atoms with Crippen LogP contribution in [0, 0.1) is 0 Å². The summed E-state index contributed by atoms with van der Waals surface area (Å²) in [5, 5.41) is 4.59. The zero-order valence-electron chi connectivity index (χ0n) is 14.8. The molecule has 0 unspecified atom stereocenters. The Kier molecular flexibility index (Phi) is 5.33. The van der Waals surface area contributed by atoms with E-state index in [0.717, 1.165) is 22.0 Å². The first kappa shape index (κ1) is 18.5. The van der Waals surface area contributed by atoms with E-state index in [1.807, 2.05) is 42.6 Å². The zero-order chi connectivity index (χ0) is 19.5. The molecule has 0 spiro atoms. The minimum atomic E-state index is -0.353. The van der Waals surface area contributed by atoms with Crippen molar-refractivity contribution in [1.82, 2.24) is 15.3 Å². The Balaban J connectivity index is 1.65. The van der Waals surface area contributed by atoms with Gasteiger partial charge in [-0.15, -0.1) is 0 Å². The summed E-state index contributed by atoms with van der Waals surface area (Å²) in [5.74, 6) is -0.382. The van der Waals surface area contributed by atoms with E-state index in [0.29, 0.717) is 6.54 Å². The monoisotopic (exact) mass is 409 g/mol. The highest BCUT2D eigenvalue weighted by atomic mass is 35.5. The summed E-state index contributed by atoms with van der Waals surface area (Å²) >= 11 is 12.0. The third-order valence-corrected chi connectivity index (χ3v) is 5.21. The maximum atomic E-state index is 12.7. The Hall–Kier alpha value is -2.82. The van der Waals surface area contributed by atoms with Crippen molar-refractivity contribution >= 4 is 40.0 Å². The quantitative estimate of drug-likeness (QED) is 0.431. The van der Waals surface area contributed by atoms with E-state index in [1.54, 1.807) is 12.1 Å². The number of hydrogen-bond donors (Lipinski definition) is 2. The van der Waals surface area contributed by atoms with Crippen LogP contribution in [0.2, 0.25) is 10.2 Å². The summed E-state index contributed by atoms with van der Waals surface area (Å²) in [7, 11) is 0. The molecule has 140 valence electrons. The normalized spacial score (nSPS) is 12.1. The number of carbonyl (C=O) groups is 1. The van der Waals surface area contributed by atoms with Crippen molar-refractivity contribution in [2.45, 2.75) is 5.92 Å². The molecule has 2 heterocycles. The van der Waals surface area contributed by atoms with Crippen molar-refractivity contribution in [2.75, 3.05) is 6.54 Å². The number of amides is 1. The van der Waals surface area contributed by atoms with Gasteiger partial charge in [-0.1, -0.05) is 71.7 Å². The molecular weight excluding hydrogens is 393 g/mol. The Morgan fingerprint density at radius 2 is 1.75 bits per heavy atom. The van der Waals surface area contributed by atoms with Gasteiger partial charge in [0.25, 0.3) is 5.91 Å². The van der Waals surface area contributed by atoms with E-state index < -0.39 is 0 Å². The molecular formula is C22H17Cl2N3O. The Bertz CT molecular complexity index is 1130. The highest BCUT2D eigenvalue weighted by molar-refractivity contribution is 6.34. The van der Waals surface area contributed by atoms with Crippen LogP contribution in [0.1, 0.15) is 27.5 Å². The van der Waals surface area contributed by atoms with Crippen molar-refractivity contribution in [3.63, 3.8) is 0 Å². The summed E-state index contributed by atoms with van der Waals surface area (Å²) in [5.41, 5.74) is 3.41. The van der Waals surface area contributed by atoms with Gasteiger partial charge in [-0.2, -0.15) is 0 Å². The summed E-state index contributed by atoms with van der Waals surface area (Å²) < 4.78 is 0. The lowest BCUT2D eigenvalue weighted by atomic mass is 9.91. The molecule has 2 aromatic heterocycles. The van der Waals surface area contributed by atoms with Crippen LogP contribution in [0.4, 0.5) is 0 Å². The second-order valence-electron chi connectivity index (χ2n) is 6.43. The number of aromatic nitrogens is 2. The standard InChI is InChI=1S/C22H17Cl2N3O/c23-18-10-11-20(24)27-21(18)22(28)26-12-16(14-6-2-1-3-7-14)17-13-25-19-9-5-4-8-15(17)19/h1-11,13,16,25H,12H2,(H,26,28)/t16-/m0/s1. The third-order valence-electron chi connectivity index (χ3n) is 4.69. The lowest BCUT2D eigenvalue weighted by Crippen LogP contribution is -2.29. The van der Waals surface area contributed by atoms with Gasteiger partial charge in [0.1, 0.15) is 10.8 Å². The summed E-state index contributed by atoms with van der Waals surface area (Å²) in [6.07, 6.45) is 2.00. The molecule has 0 saturated heterocycles. The van der Waals surface area contributed by atoms with Gasteiger partial charge in [-0.3, -0.25) is 4.79 Å². The second kappa shape index (κ2) is 8.05. The van der Waals surface area contributed by atoms with Gasteiger partial charge in [-0.05, 0) is 29.3 Å². The number of hydrogen-bond acceptors (Lipinski definition) is 2. The minimum absolute atomic E-state index is 0.0285. The van der Waals surface area contributed by atoms with Crippen LogP contribution in [0.3, 0.4) is 0 Å². The van der Waals surface area contributed by atoms with Crippen LogP contribution in [-0.4, -0.2) is 22.4 Å². The number of H-pyrrole nitrogens is 1. The fourth-order valence-corrected chi connectivity index (χ4v) is 3.67. The number of halogens is 2. The first-order chi connectivity index (χ1) is 13.6. The first-order valence-corrected chi connectivity index (χ1v) is 9.60. The van der Waals surface area contributed by atoms with Crippen molar-refractivity contribution in [3.05, 3.63) is 99.9 Å². The number of benzene rings is 2. The van der Waals surface area contributed by atoms with Crippen molar-refractivity contribution in [2.24, 2.45) is 0 Å². The lowest BCUT2D eigenvalue weighted by Gasteiger charge is -2.18. The number of para-hydroxylation sites is 1. The van der Waals surface area contributed by atoms with E-state index in [4.69, 9.17) is 23.2 Å². The van der Waals surface area contributed by atoms with Gasteiger partial charge in [0.05, 0.1) is 5.02 Å². The lowest BCUT2D eigenvalue weighted by molar-refractivity contribution is 0.0947. The van der Waals surface area contributed by atoms with E-state index in [1.165, 1.54) is 0 Å². The molecule has 6 heteroatoms. The molecule has 0 aliphatic rings. The Morgan fingerprint density at radius 3 is 2.57 bits per heavy atom. The molecule has 1 amide bonds. The summed E-state index contributed by atoms with van der Waals surface area (Å²) in [6, 6.07) is 21.3. The van der Waals surface area contributed by atoms with Crippen LogP contribution in [-0.2, 0) is 0 Å². The molecule has 4 rings (SSSR count). The van der Waals surface area contributed by atoms with Crippen LogP contribution in [0.25, 0.3) is 10.9 Å². The molecule has 0 radical (unpaired) electrons. The number of rotatable bonds is 5. The zero-order valence-corrected chi connectivity index (χ0v) is 16.3. The molecule has 0 saturated carbocycles. The summed E-state index contributed by atoms with van der Waals surface area (Å²) in [6.45, 7) is 0.398. The molecule has 28 heavy (non-hydrogen) atoms. The molecule has 0 aliphatic carbocycles. The third kappa shape index (κ3) is 3.75. The fourth-order valence-electron chi connectivity index (χ4n) is 3.33. The Morgan fingerprint density at radius 1 is 1.00 bits per heavy atom. The van der Waals surface area contributed by atoms with E-state index >= 15 is 0 Å². The molecule has 2 aromatic carbocycles. The van der Waals surface area contributed by atoms with Crippen LogP contribution >= 0.6 is 23.2 Å². The van der Waals surface area contributed by atoms with E-state index in [2.05, 4.69) is 33.5 Å². The van der Waals surface area contributed by atoms with Crippen molar-refractivity contribution < 1.29 is 4.79 Å². The largest absolute Gasteiger partial charge is 0.361 e. The van der Waals surface area contributed by atoms with Gasteiger partial charge in [0, 0.05) is 29.6 Å². The fraction of sp³-hybridized carbons (Fsp3) is 0.0909. The minimum Gasteiger partial charge on any atom is -0.361 e. The number of nitrogens with one attached hydrogen (secondary N) is 2. The molecule has 0 bridgehead atoms. The Labute approximate surface area is 172 Å². The SMILES string of the molecule is O=C(NC[C@@H](c1ccccc1)c1c[nH]c2ccccc12)c1nc(Cl)ccc1Cl.